The Morgan fingerprint density at radius 2 is 2.00 bits per heavy atom. The zero-order chi connectivity index (χ0) is 21.6. The number of ether oxygens (including phenoxy) is 2. The van der Waals surface area contributed by atoms with Gasteiger partial charge in [0.05, 0.1) is 54.9 Å². The molecule has 31 heavy (non-hydrogen) atoms. The summed E-state index contributed by atoms with van der Waals surface area (Å²) >= 11 is 6.30. The Hall–Kier alpha value is -1.95. The third-order valence-electron chi connectivity index (χ3n) is 5.84. The molecule has 2 aromatic rings. The van der Waals surface area contributed by atoms with Crippen molar-refractivity contribution in [1.29, 1.82) is 0 Å². The largest absolute Gasteiger partial charge is 0.373 e. The predicted molar refractivity (Wildman–Crippen MR) is 115 cm³/mol. The summed E-state index contributed by atoms with van der Waals surface area (Å²) in [7, 11) is -1.27. The van der Waals surface area contributed by atoms with Crippen molar-refractivity contribution in [3.63, 3.8) is 0 Å². The highest BCUT2D eigenvalue weighted by Gasteiger charge is 2.49. The molecule has 2 saturated heterocycles. The molecule has 4 heterocycles. The van der Waals surface area contributed by atoms with Gasteiger partial charge in [-0.2, -0.15) is 10.1 Å². The van der Waals surface area contributed by atoms with Gasteiger partial charge < -0.3 is 20.1 Å². The monoisotopic (exact) mass is 468 g/mol. The van der Waals surface area contributed by atoms with Crippen LogP contribution in [0.25, 0.3) is 0 Å². The lowest BCUT2D eigenvalue weighted by Gasteiger charge is -2.19. The van der Waals surface area contributed by atoms with Crippen LogP contribution in [0.4, 0.5) is 17.5 Å². The van der Waals surface area contributed by atoms with E-state index in [0.717, 1.165) is 18.5 Å². The van der Waals surface area contributed by atoms with Crippen molar-refractivity contribution >= 4 is 38.9 Å². The maximum Gasteiger partial charge on any atom is 0.229 e. The Morgan fingerprint density at radius 3 is 2.74 bits per heavy atom. The van der Waals surface area contributed by atoms with Gasteiger partial charge in [-0.25, -0.2) is 13.4 Å². The molecule has 12 heteroatoms. The van der Waals surface area contributed by atoms with Crippen LogP contribution in [-0.2, 0) is 26.4 Å². The molecule has 4 atom stereocenters. The zero-order valence-electron chi connectivity index (χ0n) is 17.1. The number of anilines is 3. The van der Waals surface area contributed by atoms with Crippen LogP contribution in [0.5, 0.6) is 0 Å². The molecular formula is C19H25ClN6O4S. The van der Waals surface area contributed by atoms with Crippen molar-refractivity contribution < 1.29 is 17.9 Å². The van der Waals surface area contributed by atoms with Crippen molar-refractivity contribution in [2.45, 2.75) is 31.1 Å². The predicted octanol–water partition coefficient (Wildman–Crippen LogP) is 1.63. The Kier molecular flexibility index (Phi) is 5.53. The van der Waals surface area contributed by atoms with Gasteiger partial charge in [0.15, 0.2) is 15.7 Å². The van der Waals surface area contributed by atoms with Crippen molar-refractivity contribution in [2.24, 2.45) is 18.9 Å². The van der Waals surface area contributed by atoms with Gasteiger partial charge in [0, 0.05) is 19.2 Å². The Balaban J connectivity index is 1.23. The van der Waals surface area contributed by atoms with Crippen LogP contribution in [0.2, 0.25) is 5.02 Å². The molecule has 3 fully saturated rings. The number of hydrogen-bond donors (Lipinski definition) is 2. The SMILES string of the molecule is Cn1cc(Nc2ncc(Cl)c(N[C@@H]3COC4C3OC[C@@H]4CS(=O)(=O)CC3CC3)n2)cn1. The smallest absolute Gasteiger partial charge is 0.229 e. The molecule has 10 nitrogen and oxygen atoms in total. The molecule has 0 spiro atoms. The third-order valence-corrected chi connectivity index (χ3v) is 8.03. The summed E-state index contributed by atoms with van der Waals surface area (Å²) in [6.45, 7) is 0.767. The van der Waals surface area contributed by atoms with Gasteiger partial charge in [-0.05, 0) is 18.8 Å². The van der Waals surface area contributed by atoms with E-state index in [1.54, 1.807) is 10.9 Å². The van der Waals surface area contributed by atoms with Gasteiger partial charge in [-0.15, -0.1) is 0 Å². The van der Waals surface area contributed by atoms with E-state index in [4.69, 9.17) is 21.1 Å². The summed E-state index contributed by atoms with van der Waals surface area (Å²) in [5, 5.41) is 10.9. The van der Waals surface area contributed by atoms with E-state index in [1.807, 2.05) is 13.2 Å². The number of rotatable bonds is 8. The van der Waals surface area contributed by atoms with Crippen molar-refractivity contribution in [2.75, 3.05) is 35.4 Å². The molecule has 1 saturated carbocycles. The lowest BCUT2D eigenvalue weighted by Crippen LogP contribution is -2.36. The maximum absolute atomic E-state index is 12.5. The zero-order valence-corrected chi connectivity index (χ0v) is 18.6. The van der Waals surface area contributed by atoms with E-state index in [9.17, 15) is 8.42 Å². The fourth-order valence-electron chi connectivity index (χ4n) is 4.20. The number of nitrogens with zero attached hydrogens (tertiary/aromatic N) is 4. The first kappa shape index (κ1) is 20.9. The molecule has 0 amide bonds. The first-order chi connectivity index (χ1) is 14.9. The first-order valence-corrected chi connectivity index (χ1v) is 12.5. The van der Waals surface area contributed by atoms with E-state index in [-0.39, 0.29) is 35.7 Å². The van der Waals surface area contributed by atoms with Crippen LogP contribution in [-0.4, -0.2) is 71.1 Å². The van der Waals surface area contributed by atoms with Crippen molar-refractivity contribution in [3.8, 4) is 0 Å². The molecule has 5 rings (SSSR count). The quantitative estimate of drug-likeness (QED) is 0.595. The molecule has 1 aliphatic carbocycles. The molecular weight excluding hydrogens is 444 g/mol. The highest BCUT2D eigenvalue weighted by Crippen LogP contribution is 2.36. The average Bonchev–Trinajstić information content (AvgIpc) is 3.08. The van der Waals surface area contributed by atoms with Crippen LogP contribution < -0.4 is 10.6 Å². The summed E-state index contributed by atoms with van der Waals surface area (Å²) in [6.07, 6.45) is 6.54. The van der Waals surface area contributed by atoms with Gasteiger partial charge in [-0.1, -0.05) is 11.6 Å². The van der Waals surface area contributed by atoms with Crippen LogP contribution >= 0.6 is 11.6 Å². The standard InChI is InChI=1S/C19H25ClN6O4S/c1-26-6-13(4-22-26)23-19-21-5-14(20)18(25-19)24-15-8-30-16-12(7-29-17(15)16)10-31(27,28)9-11-2-3-11/h4-6,11-12,15-17H,2-3,7-10H2,1H3,(H2,21,23,24,25)/t12-,15-,16?,17?/m1/s1. The van der Waals surface area contributed by atoms with E-state index in [2.05, 4.69) is 25.7 Å². The summed E-state index contributed by atoms with van der Waals surface area (Å²) in [6, 6.07) is -0.181. The highest BCUT2D eigenvalue weighted by molar-refractivity contribution is 7.91. The summed E-state index contributed by atoms with van der Waals surface area (Å²) < 4.78 is 38.5. The third kappa shape index (κ3) is 4.79. The van der Waals surface area contributed by atoms with Gasteiger partial charge in [-0.3, -0.25) is 4.68 Å². The second-order valence-electron chi connectivity index (χ2n) is 8.54. The Labute approximate surface area is 185 Å². The lowest BCUT2D eigenvalue weighted by atomic mass is 10.0. The molecule has 0 radical (unpaired) electrons. The average molecular weight is 469 g/mol. The van der Waals surface area contributed by atoms with Crippen LogP contribution in [0, 0.1) is 11.8 Å². The number of halogens is 1. The number of aryl methyl sites for hydroxylation is 1. The van der Waals surface area contributed by atoms with E-state index in [1.165, 1.54) is 6.20 Å². The molecule has 168 valence electrons. The van der Waals surface area contributed by atoms with Gasteiger partial charge >= 0.3 is 0 Å². The van der Waals surface area contributed by atoms with E-state index in [0.29, 0.717) is 35.9 Å². The number of hydrogen-bond acceptors (Lipinski definition) is 9. The summed E-state index contributed by atoms with van der Waals surface area (Å²) in [4.78, 5) is 8.67. The minimum absolute atomic E-state index is 0.116. The summed E-state index contributed by atoms with van der Waals surface area (Å²) in [5.41, 5.74) is 0.759. The van der Waals surface area contributed by atoms with Crippen LogP contribution in [0.15, 0.2) is 18.6 Å². The molecule has 2 aromatic heterocycles. The van der Waals surface area contributed by atoms with E-state index < -0.39 is 9.84 Å². The first-order valence-electron chi connectivity index (χ1n) is 10.3. The number of nitrogens with one attached hydrogen (secondary N) is 2. The lowest BCUT2D eigenvalue weighted by molar-refractivity contribution is 0.0656. The maximum atomic E-state index is 12.5. The number of fused-ring (bicyclic) bond motifs is 1. The summed E-state index contributed by atoms with van der Waals surface area (Å²) in [5.74, 6) is 1.44. The minimum Gasteiger partial charge on any atom is -0.373 e. The fourth-order valence-corrected chi connectivity index (χ4v) is 6.47. The topological polar surface area (TPSA) is 120 Å². The van der Waals surface area contributed by atoms with E-state index >= 15 is 0 Å². The highest BCUT2D eigenvalue weighted by atomic mass is 35.5. The number of sulfone groups is 1. The molecule has 2 unspecified atom stereocenters. The van der Waals surface area contributed by atoms with Crippen molar-refractivity contribution in [1.82, 2.24) is 19.7 Å². The molecule has 0 bridgehead atoms. The molecule has 2 aliphatic heterocycles. The normalized spacial score (nSPS) is 27.9. The number of aromatic nitrogens is 4. The fraction of sp³-hybridized carbons (Fsp3) is 0.632. The van der Waals surface area contributed by atoms with Crippen LogP contribution in [0.1, 0.15) is 12.8 Å². The Bertz CT molecular complexity index is 1060. The minimum atomic E-state index is -3.09. The van der Waals surface area contributed by atoms with Gasteiger partial charge in [0.25, 0.3) is 0 Å². The van der Waals surface area contributed by atoms with Gasteiger partial charge in [0.1, 0.15) is 11.1 Å². The van der Waals surface area contributed by atoms with Gasteiger partial charge in [0.2, 0.25) is 5.95 Å². The molecule has 0 aromatic carbocycles. The van der Waals surface area contributed by atoms with Crippen LogP contribution in [0.3, 0.4) is 0 Å². The van der Waals surface area contributed by atoms with Crippen molar-refractivity contribution in [3.05, 3.63) is 23.6 Å². The Morgan fingerprint density at radius 1 is 1.19 bits per heavy atom. The second-order valence-corrected chi connectivity index (χ2v) is 11.1. The molecule has 2 N–H and O–H groups in total. The second kappa shape index (κ2) is 8.19. The molecule has 3 aliphatic rings.